The van der Waals surface area contributed by atoms with E-state index in [2.05, 4.69) is 0 Å². The van der Waals surface area contributed by atoms with Gasteiger partial charge in [0.05, 0.1) is 16.3 Å². The summed E-state index contributed by atoms with van der Waals surface area (Å²) in [5.74, 6) is -0.347. The van der Waals surface area contributed by atoms with Gasteiger partial charge in [0.1, 0.15) is 0 Å². The maximum Gasteiger partial charge on any atom is 0.228 e. The summed E-state index contributed by atoms with van der Waals surface area (Å²) in [5, 5.41) is 2.05. The highest BCUT2D eigenvalue weighted by atomic mass is 32.2. The van der Waals surface area contributed by atoms with E-state index in [0.717, 1.165) is 41.3 Å². The van der Waals surface area contributed by atoms with Crippen LogP contribution in [0.15, 0.2) is 65.6 Å². The van der Waals surface area contributed by atoms with Crippen LogP contribution in [0, 0.1) is 0 Å². The molecule has 0 heterocycles. The van der Waals surface area contributed by atoms with Gasteiger partial charge in [-0.3, -0.25) is 4.79 Å². The molecule has 0 spiro atoms. The van der Waals surface area contributed by atoms with Crippen molar-refractivity contribution >= 4 is 32.2 Å². The van der Waals surface area contributed by atoms with Crippen molar-refractivity contribution in [1.82, 2.24) is 0 Å². The van der Waals surface area contributed by atoms with Crippen LogP contribution >= 0.6 is 0 Å². The highest BCUT2D eigenvalue weighted by Crippen LogP contribution is 2.28. The molecule has 4 rings (SSSR count). The molecule has 29 heavy (non-hydrogen) atoms. The molecule has 0 bridgehead atoms. The maximum absolute atomic E-state index is 12.9. The van der Waals surface area contributed by atoms with Crippen molar-refractivity contribution in [1.29, 1.82) is 0 Å². The average molecular weight is 408 g/mol. The zero-order valence-corrected chi connectivity index (χ0v) is 17.4. The summed E-state index contributed by atoms with van der Waals surface area (Å²) in [5.41, 5.74) is 3.20. The third-order valence-electron chi connectivity index (χ3n) is 5.69. The monoisotopic (exact) mass is 407 g/mol. The van der Waals surface area contributed by atoms with Crippen LogP contribution in [-0.2, 0) is 27.5 Å². The summed E-state index contributed by atoms with van der Waals surface area (Å²) in [6.45, 7) is 2.40. The molecule has 3 aromatic rings. The lowest BCUT2D eigenvalue weighted by molar-refractivity contribution is -0.118. The van der Waals surface area contributed by atoms with E-state index in [1.165, 1.54) is 5.56 Å². The number of carbonyl (C=O) groups excluding carboxylic acids is 1. The molecule has 1 aliphatic carbocycles. The van der Waals surface area contributed by atoms with Gasteiger partial charge >= 0.3 is 0 Å². The molecule has 1 aliphatic rings. The summed E-state index contributed by atoms with van der Waals surface area (Å²) >= 11 is 0. The summed E-state index contributed by atoms with van der Waals surface area (Å²) < 4.78 is 25.7. The van der Waals surface area contributed by atoms with E-state index in [0.29, 0.717) is 11.4 Å². The van der Waals surface area contributed by atoms with Gasteiger partial charge < -0.3 is 4.90 Å². The Morgan fingerprint density at radius 2 is 1.72 bits per heavy atom. The smallest absolute Gasteiger partial charge is 0.228 e. The number of hydrogen-bond donors (Lipinski definition) is 0. The van der Waals surface area contributed by atoms with Gasteiger partial charge in [0.25, 0.3) is 0 Å². The zero-order chi connectivity index (χ0) is 20.4. The van der Waals surface area contributed by atoms with E-state index >= 15 is 0 Å². The van der Waals surface area contributed by atoms with Gasteiger partial charge in [0.15, 0.2) is 9.84 Å². The second-order valence-corrected chi connectivity index (χ2v) is 9.60. The Morgan fingerprint density at radius 3 is 2.55 bits per heavy atom. The zero-order valence-electron chi connectivity index (χ0n) is 16.6. The number of sulfone groups is 1. The molecule has 0 saturated heterocycles. The summed E-state index contributed by atoms with van der Waals surface area (Å²) in [4.78, 5) is 15.0. The highest BCUT2D eigenvalue weighted by molar-refractivity contribution is 7.91. The molecule has 0 unspecified atom stereocenters. The predicted octanol–water partition coefficient (Wildman–Crippen LogP) is 4.55. The SMILES string of the molecule is CCN(C(=O)CCS(=O)(=O)c1ccc2c(c1)CCC2)c1cccc2ccccc12. The van der Waals surface area contributed by atoms with Gasteiger partial charge in [-0.05, 0) is 60.9 Å². The molecule has 0 N–H and O–H groups in total. The van der Waals surface area contributed by atoms with E-state index in [1.54, 1.807) is 17.0 Å². The first-order valence-corrected chi connectivity index (χ1v) is 11.8. The fourth-order valence-corrected chi connectivity index (χ4v) is 5.42. The summed E-state index contributed by atoms with van der Waals surface area (Å²) in [7, 11) is -3.49. The van der Waals surface area contributed by atoms with Gasteiger partial charge in [-0.2, -0.15) is 0 Å². The molecule has 3 aromatic carbocycles. The molecule has 0 fully saturated rings. The molecule has 0 radical (unpaired) electrons. The van der Waals surface area contributed by atoms with Crippen LogP contribution in [0.1, 0.15) is 30.9 Å². The standard InChI is InChI=1S/C24H25NO3S/c1-2-25(23-12-6-9-19-7-3-4-11-22(19)23)24(26)15-16-29(27,28)21-14-13-18-8-5-10-20(18)17-21/h3-4,6-7,9,11-14,17H,2,5,8,10,15-16H2,1H3. The van der Waals surface area contributed by atoms with E-state index in [4.69, 9.17) is 0 Å². The molecule has 1 amide bonds. The van der Waals surface area contributed by atoms with Crippen molar-refractivity contribution < 1.29 is 13.2 Å². The minimum Gasteiger partial charge on any atom is -0.312 e. The van der Waals surface area contributed by atoms with Crippen molar-refractivity contribution in [2.24, 2.45) is 0 Å². The van der Waals surface area contributed by atoms with Gasteiger partial charge in [-0.1, -0.05) is 42.5 Å². The Labute approximate surface area is 172 Å². The van der Waals surface area contributed by atoms with Crippen LogP contribution in [0.2, 0.25) is 0 Å². The quantitative estimate of drug-likeness (QED) is 0.603. The molecular weight excluding hydrogens is 382 g/mol. The number of amides is 1. The van der Waals surface area contributed by atoms with E-state index in [1.807, 2.05) is 55.5 Å². The number of nitrogens with zero attached hydrogens (tertiary/aromatic N) is 1. The fraction of sp³-hybridized carbons (Fsp3) is 0.292. The highest BCUT2D eigenvalue weighted by Gasteiger charge is 2.22. The number of hydrogen-bond acceptors (Lipinski definition) is 3. The molecule has 5 heteroatoms. The molecule has 0 aromatic heterocycles. The van der Waals surface area contributed by atoms with Crippen LogP contribution in [0.25, 0.3) is 10.8 Å². The van der Waals surface area contributed by atoms with Gasteiger partial charge in [-0.15, -0.1) is 0 Å². The van der Waals surface area contributed by atoms with E-state index in [-0.39, 0.29) is 18.1 Å². The summed E-state index contributed by atoms with van der Waals surface area (Å²) in [6, 6.07) is 19.2. The molecule has 0 saturated carbocycles. The van der Waals surface area contributed by atoms with E-state index < -0.39 is 9.84 Å². The lowest BCUT2D eigenvalue weighted by atomic mass is 10.1. The molecular formula is C24H25NO3S. The largest absolute Gasteiger partial charge is 0.312 e. The van der Waals surface area contributed by atoms with Crippen LogP contribution in [-0.4, -0.2) is 26.6 Å². The minimum atomic E-state index is -3.49. The first-order valence-electron chi connectivity index (χ1n) is 10.1. The Kier molecular flexibility index (Phi) is 5.41. The summed E-state index contributed by atoms with van der Waals surface area (Å²) in [6.07, 6.45) is 3.00. The first-order chi connectivity index (χ1) is 14.0. The van der Waals surface area contributed by atoms with Crippen molar-refractivity contribution in [2.75, 3.05) is 17.2 Å². The van der Waals surface area contributed by atoms with Crippen LogP contribution in [0.4, 0.5) is 5.69 Å². The molecule has 0 aliphatic heterocycles. The fourth-order valence-electron chi connectivity index (χ4n) is 4.14. The minimum absolute atomic E-state index is 0.0313. The van der Waals surface area contributed by atoms with E-state index in [9.17, 15) is 13.2 Å². The second-order valence-electron chi connectivity index (χ2n) is 7.49. The number of benzene rings is 3. The Hall–Kier alpha value is -2.66. The van der Waals surface area contributed by atoms with Crippen molar-refractivity contribution in [3.05, 3.63) is 71.8 Å². The molecule has 150 valence electrons. The number of carbonyl (C=O) groups is 1. The molecule has 4 nitrogen and oxygen atoms in total. The van der Waals surface area contributed by atoms with Crippen LogP contribution < -0.4 is 4.90 Å². The second kappa shape index (κ2) is 7.99. The van der Waals surface area contributed by atoms with Crippen LogP contribution in [0.3, 0.4) is 0 Å². The lowest BCUT2D eigenvalue weighted by Crippen LogP contribution is -2.32. The number of fused-ring (bicyclic) bond motifs is 2. The van der Waals surface area contributed by atoms with Gasteiger partial charge in [0, 0.05) is 18.4 Å². The maximum atomic E-state index is 12.9. The predicted molar refractivity (Wildman–Crippen MR) is 117 cm³/mol. The van der Waals surface area contributed by atoms with Crippen molar-refractivity contribution in [2.45, 2.75) is 37.5 Å². The number of aryl methyl sites for hydroxylation is 2. The van der Waals surface area contributed by atoms with Gasteiger partial charge in [0.2, 0.25) is 5.91 Å². The first kappa shape index (κ1) is 19.6. The number of anilines is 1. The Bertz CT molecular complexity index is 1160. The molecule has 0 atom stereocenters. The Morgan fingerprint density at radius 1 is 0.966 bits per heavy atom. The lowest BCUT2D eigenvalue weighted by Gasteiger charge is -2.23. The third-order valence-corrected chi connectivity index (χ3v) is 7.40. The van der Waals surface area contributed by atoms with Gasteiger partial charge in [-0.25, -0.2) is 8.42 Å². The third kappa shape index (κ3) is 3.92. The topological polar surface area (TPSA) is 54.5 Å². The normalized spacial score (nSPS) is 13.4. The average Bonchev–Trinajstić information content (AvgIpc) is 3.21. The Balaban J connectivity index is 1.53. The van der Waals surface area contributed by atoms with Crippen molar-refractivity contribution in [3.8, 4) is 0 Å². The number of rotatable bonds is 6. The van der Waals surface area contributed by atoms with Crippen molar-refractivity contribution in [3.63, 3.8) is 0 Å². The van der Waals surface area contributed by atoms with Crippen LogP contribution in [0.5, 0.6) is 0 Å².